The zero-order valence-electron chi connectivity index (χ0n) is 22.0. The van der Waals surface area contributed by atoms with Crippen LogP contribution in [0.15, 0.2) is 30.3 Å². The molecule has 4 atom stereocenters. The Morgan fingerprint density at radius 1 is 1.15 bits per heavy atom. The molecule has 2 fully saturated rings. The minimum Gasteiger partial charge on any atom is -0.425 e. The molecule has 6 nitrogen and oxygen atoms in total. The third-order valence-electron chi connectivity index (χ3n) is 8.22. The number of carbonyl (C=O) groups excluding carboxylic acids is 2. The van der Waals surface area contributed by atoms with E-state index >= 15 is 4.39 Å². The molecule has 4 unspecified atom stereocenters. The lowest BCUT2D eigenvalue weighted by molar-refractivity contribution is -0.139. The molecule has 1 amide bonds. The molecule has 1 aliphatic carbocycles. The van der Waals surface area contributed by atoms with Crippen LogP contribution in [0.3, 0.4) is 0 Å². The molecular formula is C29H32Cl2F2N2O4. The molecular weight excluding hydrogens is 549 g/mol. The van der Waals surface area contributed by atoms with Gasteiger partial charge in [0.25, 0.3) is 0 Å². The Hall–Kier alpha value is -2.26. The van der Waals surface area contributed by atoms with Gasteiger partial charge in [-0.25, -0.2) is 8.78 Å². The maximum absolute atomic E-state index is 15.8. The van der Waals surface area contributed by atoms with Crippen LogP contribution in [0.5, 0.6) is 5.75 Å². The number of rotatable bonds is 4. The van der Waals surface area contributed by atoms with Crippen molar-refractivity contribution in [1.29, 1.82) is 0 Å². The van der Waals surface area contributed by atoms with Gasteiger partial charge >= 0.3 is 5.97 Å². The zero-order valence-corrected chi connectivity index (χ0v) is 23.5. The second kappa shape index (κ2) is 10.3. The highest BCUT2D eigenvalue weighted by Crippen LogP contribution is 2.58. The first kappa shape index (κ1) is 28.3. The van der Waals surface area contributed by atoms with Crippen LogP contribution in [0.1, 0.15) is 69.9 Å². The summed E-state index contributed by atoms with van der Waals surface area (Å²) >= 11 is 12.2. The minimum absolute atomic E-state index is 0.0609. The maximum atomic E-state index is 15.8. The summed E-state index contributed by atoms with van der Waals surface area (Å²) < 4.78 is 36.4. The summed E-state index contributed by atoms with van der Waals surface area (Å²) in [6, 6.07) is 4.93. The lowest BCUT2D eigenvalue weighted by Crippen LogP contribution is -2.49. The van der Waals surface area contributed by atoms with E-state index in [-0.39, 0.29) is 38.4 Å². The Bertz CT molecular complexity index is 1310. The molecule has 3 aliphatic rings. The molecule has 0 bridgehead atoms. The number of hydrogen-bond donors (Lipinski definition) is 3. The van der Waals surface area contributed by atoms with Crippen molar-refractivity contribution in [2.24, 2.45) is 5.41 Å². The molecule has 1 spiro atoms. The van der Waals surface area contributed by atoms with Crippen LogP contribution < -0.4 is 15.4 Å². The molecule has 10 heteroatoms. The van der Waals surface area contributed by atoms with Crippen LogP contribution in [0.2, 0.25) is 10.0 Å². The summed E-state index contributed by atoms with van der Waals surface area (Å²) in [5, 5.41) is 15.9. The number of benzene rings is 2. The van der Waals surface area contributed by atoms with E-state index in [1.807, 2.05) is 20.8 Å². The Kier molecular flexibility index (Phi) is 7.46. The number of halogens is 4. The molecule has 3 N–H and O–H groups in total. The normalized spacial score (nSPS) is 30.4. The van der Waals surface area contributed by atoms with Crippen LogP contribution in [0.4, 0.5) is 8.78 Å². The number of fused-ring (bicyclic) bond motifs is 2. The topological polar surface area (TPSA) is 87.7 Å². The summed E-state index contributed by atoms with van der Waals surface area (Å²) in [5.41, 5.74) is -1.69. The van der Waals surface area contributed by atoms with E-state index in [1.165, 1.54) is 18.2 Å². The summed E-state index contributed by atoms with van der Waals surface area (Å²) in [6.07, 6.45) is 2.31. The lowest BCUT2D eigenvalue weighted by atomic mass is 9.62. The molecule has 210 valence electrons. The fraction of sp³-hybridized carbons (Fsp3) is 0.517. The predicted molar refractivity (Wildman–Crippen MR) is 144 cm³/mol. The number of aliphatic hydroxyl groups excluding tert-OH is 1. The van der Waals surface area contributed by atoms with E-state index < -0.39 is 53.0 Å². The Morgan fingerprint density at radius 3 is 2.51 bits per heavy atom. The monoisotopic (exact) mass is 580 g/mol. The fourth-order valence-corrected chi connectivity index (χ4v) is 6.87. The van der Waals surface area contributed by atoms with E-state index in [0.717, 1.165) is 6.07 Å². The molecule has 2 heterocycles. The van der Waals surface area contributed by atoms with E-state index in [4.69, 9.17) is 27.9 Å². The quantitative estimate of drug-likeness (QED) is 0.332. The number of aliphatic hydroxyl groups is 1. The lowest BCUT2D eigenvalue weighted by Gasteiger charge is -2.36. The number of carbonyl (C=O) groups is 2. The summed E-state index contributed by atoms with van der Waals surface area (Å²) in [7, 11) is 0. The Balaban J connectivity index is 1.69. The van der Waals surface area contributed by atoms with Gasteiger partial charge < -0.3 is 20.5 Å². The SMILES string of the molecule is CC(C)(C)CC1NC(C(=O)NC2CCC(O)CC2)C(c2cccc(Cl)c2F)C12C(=O)Oc1cc(Cl)c(F)cc12. The Labute approximate surface area is 236 Å². The molecule has 2 aliphatic heterocycles. The van der Waals surface area contributed by atoms with Gasteiger partial charge in [-0.05, 0) is 55.2 Å². The van der Waals surface area contributed by atoms with Gasteiger partial charge in [-0.2, -0.15) is 0 Å². The summed E-state index contributed by atoms with van der Waals surface area (Å²) in [5.74, 6) is -3.64. The summed E-state index contributed by atoms with van der Waals surface area (Å²) in [4.78, 5) is 27.9. The van der Waals surface area contributed by atoms with Gasteiger partial charge in [0.2, 0.25) is 5.91 Å². The van der Waals surface area contributed by atoms with Gasteiger partial charge in [0.05, 0.1) is 22.2 Å². The van der Waals surface area contributed by atoms with Gasteiger partial charge in [-0.1, -0.05) is 56.1 Å². The highest BCUT2D eigenvalue weighted by atomic mass is 35.5. The van der Waals surface area contributed by atoms with E-state index in [1.54, 1.807) is 6.07 Å². The van der Waals surface area contributed by atoms with Crippen molar-refractivity contribution in [3.8, 4) is 5.75 Å². The van der Waals surface area contributed by atoms with Gasteiger partial charge in [0.15, 0.2) is 0 Å². The van der Waals surface area contributed by atoms with Gasteiger partial charge in [-0.3, -0.25) is 9.59 Å². The standard InChI is InChI=1S/C29H32Cl2F2N2O4/c1-28(2,3)13-22-29(17-11-20(32)19(31)12-21(17)39-27(29)38)23(16-5-4-6-18(30)24(16)33)25(35-22)26(37)34-14-7-9-15(36)10-8-14/h4-6,11-12,14-15,22-23,25,35-36H,7-10,13H2,1-3H3,(H,34,37). The van der Waals surface area contributed by atoms with E-state index in [0.29, 0.717) is 32.1 Å². The number of nitrogens with one attached hydrogen (secondary N) is 2. The highest BCUT2D eigenvalue weighted by molar-refractivity contribution is 6.31. The highest BCUT2D eigenvalue weighted by Gasteiger charge is 2.68. The minimum atomic E-state index is -1.63. The number of hydrogen-bond acceptors (Lipinski definition) is 5. The van der Waals surface area contributed by atoms with Gasteiger partial charge in [0, 0.05) is 29.6 Å². The van der Waals surface area contributed by atoms with Crippen molar-refractivity contribution in [2.45, 2.75) is 88.4 Å². The van der Waals surface area contributed by atoms with Crippen LogP contribution in [0, 0.1) is 17.0 Å². The third-order valence-corrected chi connectivity index (χ3v) is 8.80. The molecule has 39 heavy (non-hydrogen) atoms. The van der Waals surface area contributed by atoms with E-state index in [9.17, 15) is 19.1 Å². The summed E-state index contributed by atoms with van der Waals surface area (Å²) in [6.45, 7) is 5.96. The van der Waals surface area contributed by atoms with Crippen molar-refractivity contribution in [1.82, 2.24) is 10.6 Å². The van der Waals surface area contributed by atoms with Crippen LogP contribution in [-0.2, 0) is 15.0 Å². The van der Waals surface area contributed by atoms with Crippen molar-refractivity contribution < 1.29 is 28.2 Å². The van der Waals surface area contributed by atoms with Crippen LogP contribution >= 0.6 is 23.2 Å². The average Bonchev–Trinajstić information content (AvgIpc) is 3.32. The first-order chi connectivity index (χ1) is 18.3. The van der Waals surface area contributed by atoms with Gasteiger partial charge in [0.1, 0.15) is 22.8 Å². The smallest absolute Gasteiger partial charge is 0.324 e. The maximum Gasteiger partial charge on any atom is 0.324 e. The van der Waals surface area contributed by atoms with Crippen molar-refractivity contribution in [2.75, 3.05) is 0 Å². The molecule has 2 aromatic carbocycles. The average molecular weight is 581 g/mol. The second-order valence-electron chi connectivity index (χ2n) is 12.1. The molecule has 2 aromatic rings. The number of ether oxygens (including phenoxy) is 1. The molecule has 1 saturated heterocycles. The van der Waals surface area contributed by atoms with Crippen LogP contribution in [-0.4, -0.2) is 41.2 Å². The molecule has 0 radical (unpaired) electrons. The molecule has 1 saturated carbocycles. The molecule has 5 rings (SSSR count). The number of amides is 1. The second-order valence-corrected chi connectivity index (χ2v) is 12.9. The van der Waals surface area contributed by atoms with E-state index in [2.05, 4.69) is 10.6 Å². The molecule has 0 aromatic heterocycles. The van der Waals surface area contributed by atoms with Crippen molar-refractivity contribution >= 4 is 35.1 Å². The Morgan fingerprint density at radius 2 is 1.85 bits per heavy atom. The first-order valence-corrected chi connectivity index (χ1v) is 14.0. The first-order valence-electron chi connectivity index (χ1n) is 13.2. The number of esters is 1. The largest absolute Gasteiger partial charge is 0.425 e. The third kappa shape index (κ3) is 4.94. The van der Waals surface area contributed by atoms with Crippen LogP contribution in [0.25, 0.3) is 0 Å². The van der Waals surface area contributed by atoms with Gasteiger partial charge in [-0.15, -0.1) is 0 Å². The zero-order chi connectivity index (χ0) is 28.3. The van der Waals surface area contributed by atoms with Crippen molar-refractivity contribution in [3.63, 3.8) is 0 Å². The van der Waals surface area contributed by atoms with Crippen molar-refractivity contribution in [3.05, 3.63) is 63.1 Å². The fourth-order valence-electron chi connectivity index (χ4n) is 6.54. The predicted octanol–water partition coefficient (Wildman–Crippen LogP) is 5.41.